The van der Waals surface area contributed by atoms with E-state index in [2.05, 4.69) is 9.80 Å². The maximum Gasteiger partial charge on any atom is 0.150 e. The third-order valence-corrected chi connectivity index (χ3v) is 5.54. The minimum Gasteiger partial charge on any atom is -0.298 e. The molecular weight excluding hydrogens is 320 g/mol. The van der Waals surface area contributed by atoms with E-state index in [9.17, 15) is 4.79 Å². The van der Waals surface area contributed by atoms with Gasteiger partial charge in [-0.05, 0) is 24.5 Å². The molecular formula is C20H27ClN2O. The number of halogens is 1. The van der Waals surface area contributed by atoms with Crippen molar-refractivity contribution in [3.05, 3.63) is 40.9 Å². The van der Waals surface area contributed by atoms with Gasteiger partial charge in [0.05, 0.1) is 6.54 Å². The first-order chi connectivity index (χ1) is 11.7. The first-order valence-electron chi connectivity index (χ1n) is 9.11. The normalized spacial score (nSPS) is 20.9. The van der Waals surface area contributed by atoms with Gasteiger partial charge in [-0.1, -0.05) is 54.8 Å². The number of carbonyl (C=O) groups excluding carboxylic acids is 1. The Morgan fingerprint density at radius 1 is 1.12 bits per heavy atom. The Labute approximate surface area is 150 Å². The Kier molecular flexibility index (Phi) is 6.47. The molecule has 1 aliphatic carbocycles. The Hall–Kier alpha value is -1.16. The van der Waals surface area contributed by atoms with E-state index in [1.54, 1.807) is 0 Å². The summed E-state index contributed by atoms with van der Waals surface area (Å²) in [6.45, 7) is 4.86. The highest BCUT2D eigenvalue weighted by Crippen LogP contribution is 2.24. The van der Waals surface area contributed by atoms with E-state index in [-0.39, 0.29) is 5.78 Å². The van der Waals surface area contributed by atoms with Crippen molar-refractivity contribution in [2.24, 2.45) is 0 Å². The van der Waals surface area contributed by atoms with Gasteiger partial charge in [0.15, 0.2) is 5.78 Å². The Morgan fingerprint density at radius 2 is 1.83 bits per heavy atom. The van der Waals surface area contributed by atoms with Crippen LogP contribution >= 0.6 is 11.6 Å². The van der Waals surface area contributed by atoms with E-state index >= 15 is 0 Å². The number of allylic oxidation sites excluding steroid dienone is 1. The summed E-state index contributed by atoms with van der Waals surface area (Å²) in [7, 11) is 0. The van der Waals surface area contributed by atoms with Crippen LogP contribution in [0.4, 0.5) is 0 Å². The van der Waals surface area contributed by atoms with Crippen molar-refractivity contribution in [2.45, 2.75) is 38.1 Å². The number of carbonyl (C=O) groups is 1. The second-order valence-corrected chi connectivity index (χ2v) is 7.32. The van der Waals surface area contributed by atoms with Gasteiger partial charge in [0.2, 0.25) is 0 Å². The summed E-state index contributed by atoms with van der Waals surface area (Å²) < 4.78 is 0. The summed E-state index contributed by atoms with van der Waals surface area (Å²) in [6.07, 6.45) is 9.87. The number of ketones is 1. The van der Waals surface area contributed by atoms with Crippen LogP contribution in [0.2, 0.25) is 5.02 Å². The zero-order valence-electron chi connectivity index (χ0n) is 14.3. The maximum atomic E-state index is 12.2. The van der Waals surface area contributed by atoms with Crippen molar-refractivity contribution >= 4 is 23.5 Å². The summed E-state index contributed by atoms with van der Waals surface area (Å²) in [5.41, 5.74) is 0.970. The molecule has 4 heteroatoms. The second kappa shape index (κ2) is 8.80. The SMILES string of the molecule is O=C(CC=Cc1ccccc1Cl)CN1CCN(C2CCCC2)CC1. The van der Waals surface area contributed by atoms with Gasteiger partial charge in [0.25, 0.3) is 0 Å². The van der Waals surface area contributed by atoms with Crippen LogP contribution in [0.25, 0.3) is 6.08 Å². The van der Waals surface area contributed by atoms with E-state index in [1.807, 2.05) is 36.4 Å². The predicted octanol–water partition coefficient (Wildman–Crippen LogP) is 3.87. The van der Waals surface area contributed by atoms with Crippen LogP contribution in [0.15, 0.2) is 30.3 Å². The minimum atomic E-state index is 0.285. The number of benzene rings is 1. The van der Waals surface area contributed by atoms with E-state index in [0.717, 1.165) is 42.8 Å². The summed E-state index contributed by atoms with van der Waals surface area (Å²) in [5, 5.41) is 0.726. The second-order valence-electron chi connectivity index (χ2n) is 6.92. The Balaban J connectivity index is 1.39. The van der Waals surface area contributed by atoms with Gasteiger partial charge in [-0.3, -0.25) is 14.6 Å². The molecule has 2 aliphatic rings. The molecule has 0 N–H and O–H groups in total. The van der Waals surface area contributed by atoms with E-state index in [0.29, 0.717) is 13.0 Å². The number of hydrogen-bond donors (Lipinski definition) is 0. The van der Waals surface area contributed by atoms with Crippen molar-refractivity contribution in [1.82, 2.24) is 9.80 Å². The van der Waals surface area contributed by atoms with Crippen LogP contribution in [0, 0.1) is 0 Å². The van der Waals surface area contributed by atoms with Crippen molar-refractivity contribution < 1.29 is 4.79 Å². The van der Waals surface area contributed by atoms with Crippen LogP contribution in [0.1, 0.15) is 37.7 Å². The van der Waals surface area contributed by atoms with Gasteiger partial charge in [-0.15, -0.1) is 0 Å². The van der Waals surface area contributed by atoms with Crippen molar-refractivity contribution in [3.63, 3.8) is 0 Å². The molecule has 0 radical (unpaired) electrons. The lowest BCUT2D eigenvalue weighted by atomic mass is 10.1. The number of nitrogens with zero attached hydrogens (tertiary/aromatic N) is 2. The van der Waals surface area contributed by atoms with Gasteiger partial charge in [-0.25, -0.2) is 0 Å². The largest absolute Gasteiger partial charge is 0.298 e. The fraction of sp³-hybridized carbons (Fsp3) is 0.550. The molecule has 1 aromatic rings. The fourth-order valence-corrected chi connectivity index (χ4v) is 4.00. The molecule has 0 unspecified atom stereocenters. The van der Waals surface area contributed by atoms with Crippen LogP contribution in [-0.4, -0.2) is 54.3 Å². The van der Waals surface area contributed by atoms with Gasteiger partial charge < -0.3 is 0 Å². The molecule has 1 saturated carbocycles. The van der Waals surface area contributed by atoms with E-state index in [4.69, 9.17) is 11.6 Å². The third kappa shape index (κ3) is 4.92. The topological polar surface area (TPSA) is 23.6 Å². The summed E-state index contributed by atoms with van der Waals surface area (Å²) in [4.78, 5) is 17.1. The maximum absolute atomic E-state index is 12.2. The van der Waals surface area contributed by atoms with Crippen molar-refractivity contribution in [1.29, 1.82) is 0 Å². The van der Waals surface area contributed by atoms with Gasteiger partial charge >= 0.3 is 0 Å². The first-order valence-corrected chi connectivity index (χ1v) is 9.49. The monoisotopic (exact) mass is 346 g/mol. The van der Waals surface area contributed by atoms with Crippen molar-refractivity contribution in [3.8, 4) is 0 Å². The molecule has 3 rings (SSSR count). The summed E-state index contributed by atoms with van der Waals surface area (Å²) in [5.74, 6) is 0.285. The average Bonchev–Trinajstić information content (AvgIpc) is 3.12. The number of hydrogen-bond acceptors (Lipinski definition) is 3. The zero-order valence-corrected chi connectivity index (χ0v) is 15.0. The molecule has 2 fully saturated rings. The molecule has 1 aromatic carbocycles. The zero-order chi connectivity index (χ0) is 16.8. The molecule has 0 spiro atoms. The highest BCUT2D eigenvalue weighted by Gasteiger charge is 2.26. The summed E-state index contributed by atoms with van der Waals surface area (Å²) >= 11 is 6.11. The number of rotatable bonds is 6. The molecule has 130 valence electrons. The molecule has 0 bridgehead atoms. The van der Waals surface area contributed by atoms with Gasteiger partial charge in [0, 0.05) is 43.7 Å². The summed E-state index contributed by atoms with van der Waals surface area (Å²) in [6, 6.07) is 8.51. The van der Waals surface area contributed by atoms with Gasteiger partial charge in [-0.2, -0.15) is 0 Å². The standard InChI is InChI=1S/C20H27ClN2O/c21-20-11-4-1-6-17(20)7-5-10-19(24)16-22-12-14-23(15-13-22)18-8-2-3-9-18/h1,4-7,11,18H,2-3,8-10,12-16H2. The fourth-order valence-electron chi connectivity index (χ4n) is 3.80. The Bertz CT molecular complexity index is 573. The molecule has 0 atom stereocenters. The molecule has 1 aliphatic heterocycles. The third-order valence-electron chi connectivity index (χ3n) is 5.20. The lowest BCUT2D eigenvalue weighted by molar-refractivity contribution is -0.119. The lowest BCUT2D eigenvalue weighted by Gasteiger charge is -2.37. The minimum absolute atomic E-state index is 0.285. The predicted molar refractivity (Wildman–Crippen MR) is 100 cm³/mol. The van der Waals surface area contributed by atoms with Crippen LogP contribution in [0.5, 0.6) is 0 Å². The highest BCUT2D eigenvalue weighted by molar-refractivity contribution is 6.32. The van der Waals surface area contributed by atoms with E-state index < -0.39 is 0 Å². The molecule has 0 aromatic heterocycles. The molecule has 0 amide bonds. The van der Waals surface area contributed by atoms with Crippen LogP contribution in [0.3, 0.4) is 0 Å². The smallest absolute Gasteiger partial charge is 0.150 e. The highest BCUT2D eigenvalue weighted by atomic mass is 35.5. The van der Waals surface area contributed by atoms with E-state index in [1.165, 1.54) is 25.7 Å². The number of Topliss-reactive ketones (excluding diaryl/α,β-unsaturated/α-hetero) is 1. The molecule has 24 heavy (non-hydrogen) atoms. The van der Waals surface area contributed by atoms with Crippen molar-refractivity contribution in [2.75, 3.05) is 32.7 Å². The quantitative estimate of drug-likeness (QED) is 0.781. The Morgan fingerprint density at radius 3 is 2.54 bits per heavy atom. The lowest BCUT2D eigenvalue weighted by Crippen LogP contribution is -2.50. The number of piperazine rings is 1. The molecule has 1 heterocycles. The molecule has 3 nitrogen and oxygen atoms in total. The van der Waals surface area contributed by atoms with Crippen LogP contribution < -0.4 is 0 Å². The average molecular weight is 347 g/mol. The van der Waals surface area contributed by atoms with Gasteiger partial charge in [0.1, 0.15) is 0 Å². The molecule has 1 saturated heterocycles. The van der Waals surface area contributed by atoms with Crippen LogP contribution in [-0.2, 0) is 4.79 Å². The first kappa shape index (κ1) is 17.7.